The van der Waals surface area contributed by atoms with Gasteiger partial charge in [-0.05, 0) is 13.8 Å². The number of rotatable bonds is 4. The minimum absolute atomic E-state index is 0.0511. The van der Waals surface area contributed by atoms with E-state index in [0.29, 0.717) is 0 Å². The molecule has 1 aliphatic heterocycles. The fourth-order valence-corrected chi connectivity index (χ4v) is 3.23. The predicted molar refractivity (Wildman–Crippen MR) is 90.6 cm³/mol. The van der Waals surface area contributed by atoms with Gasteiger partial charge in [-0.25, -0.2) is 9.78 Å². The van der Waals surface area contributed by atoms with E-state index in [1.807, 2.05) is 24.9 Å². The van der Waals surface area contributed by atoms with Gasteiger partial charge in [0, 0.05) is 50.8 Å². The number of anilines is 1. The van der Waals surface area contributed by atoms with Gasteiger partial charge in [0.25, 0.3) is 0 Å². The molecule has 1 aliphatic rings. The van der Waals surface area contributed by atoms with Crippen molar-refractivity contribution in [2.45, 2.75) is 26.9 Å². The summed E-state index contributed by atoms with van der Waals surface area (Å²) in [6.45, 7) is 8.91. The van der Waals surface area contributed by atoms with Gasteiger partial charge in [0.05, 0.1) is 22.6 Å². The van der Waals surface area contributed by atoms with Crippen molar-refractivity contribution in [1.29, 1.82) is 0 Å². The fraction of sp³-hybridized carbons (Fsp3) is 0.533. The van der Waals surface area contributed by atoms with Gasteiger partial charge < -0.3 is 10.2 Å². The summed E-state index contributed by atoms with van der Waals surface area (Å²) in [7, 11) is 0. The first-order valence-electron chi connectivity index (χ1n) is 7.86. The van der Waals surface area contributed by atoms with Gasteiger partial charge in [0.2, 0.25) is 0 Å². The van der Waals surface area contributed by atoms with E-state index in [4.69, 9.17) is 0 Å². The summed E-state index contributed by atoms with van der Waals surface area (Å²) >= 11 is 1.68. The van der Waals surface area contributed by atoms with Gasteiger partial charge in [-0.15, -0.1) is 11.3 Å². The standard InChI is InChI=1S/C15H22N6OS/c1-3-21-10-13(8-16-21)18-15(22)20-6-4-19(5-7-20)9-14-11-23-12(2)17-14/h8,10-11H,3-7,9H2,1-2H3,(H,18,22). The van der Waals surface area contributed by atoms with Gasteiger partial charge in [-0.3, -0.25) is 9.58 Å². The molecule has 0 radical (unpaired) electrons. The van der Waals surface area contributed by atoms with Crippen molar-refractivity contribution < 1.29 is 4.79 Å². The number of hydrogen-bond donors (Lipinski definition) is 1. The largest absolute Gasteiger partial charge is 0.322 e. The van der Waals surface area contributed by atoms with E-state index >= 15 is 0 Å². The molecule has 23 heavy (non-hydrogen) atoms. The minimum atomic E-state index is -0.0511. The van der Waals surface area contributed by atoms with E-state index in [1.54, 1.807) is 22.2 Å². The first-order valence-corrected chi connectivity index (χ1v) is 8.73. The van der Waals surface area contributed by atoms with Crippen LogP contribution in [0.5, 0.6) is 0 Å². The van der Waals surface area contributed by atoms with E-state index in [1.165, 1.54) is 0 Å². The third kappa shape index (κ3) is 4.08. The molecule has 2 aromatic heterocycles. The summed E-state index contributed by atoms with van der Waals surface area (Å²) in [6, 6.07) is -0.0511. The quantitative estimate of drug-likeness (QED) is 0.929. The Morgan fingerprint density at radius 1 is 1.35 bits per heavy atom. The first-order chi connectivity index (χ1) is 11.1. The molecule has 8 heteroatoms. The summed E-state index contributed by atoms with van der Waals surface area (Å²) < 4.78 is 1.80. The maximum atomic E-state index is 12.3. The smallest absolute Gasteiger partial charge is 0.322 e. The van der Waals surface area contributed by atoms with Crippen molar-refractivity contribution in [3.63, 3.8) is 0 Å². The number of aromatic nitrogens is 3. The van der Waals surface area contributed by atoms with Crippen molar-refractivity contribution in [1.82, 2.24) is 24.6 Å². The molecule has 124 valence electrons. The zero-order chi connectivity index (χ0) is 16.2. The Morgan fingerprint density at radius 2 is 2.13 bits per heavy atom. The van der Waals surface area contributed by atoms with Crippen LogP contribution in [0.4, 0.5) is 10.5 Å². The lowest BCUT2D eigenvalue weighted by molar-refractivity contribution is 0.142. The summed E-state index contributed by atoms with van der Waals surface area (Å²) in [5.41, 5.74) is 1.87. The second-order valence-corrected chi connectivity index (χ2v) is 6.70. The number of piperazine rings is 1. The van der Waals surface area contributed by atoms with Crippen LogP contribution < -0.4 is 5.32 Å². The van der Waals surface area contributed by atoms with E-state index < -0.39 is 0 Å². The molecular weight excluding hydrogens is 312 g/mol. The number of hydrogen-bond acceptors (Lipinski definition) is 5. The molecule has 2 aromatic rings. The maximum absolute atomic E-state index is 12.3. The lowest BCUT2D eigenvalue weighted by atomic mass is 10.3. The Hall–Kier alpha value is -1.93. The van der Waals surface area contributed by atoms with Crippen molar-refractivity contribution in [3.05, 3.63) is 28.5 Å². The third-order valence-electron chi connectivity index (χ3n) is 3.92. The molecule has 0 spiro atoms. The average Bonchev–Trinajstić information content (AvgIpc) is 3.17. The number of amides is 2. The molecule has 1 saturated heterocycles. The highest BCUT2D eigenvalue weighted by molar-refractivity contribution is 7.09. The third-order valence-corrected chi connectivity index (χ3v) is 4.74. The van der Waals surface area contributed by atoms with Crippen molar-refractivity contribution in [3.8, 4) is 0 Å². The normalized spacial score (nSPS) is 15.8. The van der Waals surface area contributed by atoms with Gasteiger partial charge in [0.1, 0.15) is 0 Å². The van der Waals surface area contributed by atoms with Crippen molar-refractivity contribution >= 4 is 23.1 Å². The second-order valence-electron chi connectivity index (χ2n) is 5.64. The fourth-order valence-electron chi connectivity index (χ4n) is 2.62. The number of aryl methyl sites for hydroxylation is 2. The van der Waals surface area contributed by atoms with Crippen LogP contribution in [0, 0.1) is 6.92 Å². The molecule has 0 saturated carbocycles. The van der Waals surface area contributed by atoms with Gasteiger partial charge in [-0.2, -0.15) is 5.10 Å². The molecule has 1 N–H and O–H groups in total. The van der Waals surface area contributed by atoms with Gasteiger partial charge in [0.15, 0.2) is 0 Å². The molecule has 0 unspecified atom stereocenters. The number of carbonyl (C=O) groups is 1. The molecule has 0 aliphatic carbocycles. The van der Waals surface area contributed by atoms with E-state index in [-0.39, 0.29) is 6.03 Å². The molecule has 7 nitrogen and oxygen atoms in total. The Labute approximate surface area is 139 Å². The van der Waals surface area contributed by atoms with Crippen LogP contribution in [0.15, 0.2) is 17.8 Å². The molecule has 0 aromatic carbocycles. The molecule has 3 heterocycles. The average molecular weight is 334 g/mol. The summed E-state index contributed by atoms with van der Waals surface area (Å²) in [4.78, 5) is 21.0. The predicted octanol–water partition coefficient (Wildman–Crippen LogP) is 2.02. The SMILES string of the molecule is CCn1cc(NC(=O)N2CCN(Cc3csc(C)n3)CC2)cn1. The van der Waals surface area contributed by atoms with Crippen molar-refractivity contribution in [2.24, 2.45) is 0 Å². The van der Waals surface area contributed by atoms with Gasteiger partial charge in [-0.1, -0.05) is 0 Å². The Morgan fingerprint density at radius 3 is 2.74 bits per heavy atom. The maximum Gasteiger partial charge on any atom is 0.322 e. The van der Waals surface area contributed by atoms with Crippen LogP contribution in [0.1, 0.15) is 17.6 Å². The molecule has 0 bridgehead atoms. The highest BCUT2D eigenvalue weighted by Crippen LogP contribution is 2.13. The number of urea groups is 1. The summed E-state index contributed by atoms with van der Waals surface area (Å²) in [5, 5.41) is 10.3. The second kappa shape index (κ2) is 7.10. The van der Waals surface area contributed by atoms with Gasteiger partial charge >= 0.3 is 6.03 Å². The Bertz CT molecular complexity index is 658. The molecule has 3 rings (SSSR count). The number of carbonyl (C=O) groups excluding carboxylic acids is 1. The number of nitrogens with one attached hydrogen (secondary N) is 1. The first kappa shape index (κ1) is 15.9. The zero-order valence-electron chi connectivity index (χ0n) is 13.5. The van der Waals surface area contributed by atoms with Crippen LogP contribution in [0.2, 0.25) is 0 Å². The van der Waals surface area contributed by atoms with E-state index in [0.717, 1.165) is 55.7 Å². The zero-order valence-corrected chi connectivity index (χ0v) is 14.3. The minimum Gasteiger partial charge on any atom is -0.322 e. The molecule has 2 amide bonds. The molecule has 0 atom stereocenters. The van der Waals surface area contributed by atoms with Crippen LogP contribution in [-0.2, 0) is 13.1 Å². The lowest BCUT2D eigenvalue weighted by Crippen LogP contribution is -2.49. The van der Waals surface area contributed by atoms with E-state index in [2.05, 4.69) is 25.7 Å². The highest BCUT2D eigenvalue weighted by Gasteiger charge is 2.21. The highest BCUT2D eigenvalue weighted by atomic mass is 32.1. The Balaban J connectivity index is 1.47. The van der Waals surface area contributed by atoms with Crippen molar-refractivity contribution in [2.75, 3.05) is 31.5 Å². The molecular formula is C15H22N6OS. The van der Waals surface area contributed by atoms with Crippen LogP contribution in [-0.4, -0.2) is 56.8 Å². The van der Waals surface area contributed by atoms with Crippen LogP contribution >= 0.6 is 11.3 Å². The number of thiazole rings is 1. The lowest BCUT2D eigenvalue weighted by Gasteiger charge is -2.34. The topological polar surface area (TPSA) is 66.3 Å². The Kier molecular flexibility index (Phi) is 4.92. The monoisotopic (exact) mass is 334 g/mol. The van der Waals surface area contributed by atoms with Crippen LogP contribution in [0.25, 0.3) is 0 Å². The van der Waals surface area contributed by atoms with E-state index in [9.17, 15) is 4.79 Å². The van der Waals surface area contributed by atoms with Crippen LogP contribution in [0.3, 0.4) is 0 Å². The summed E-state index contributed by atoms with van der Waals surface area (Å²) in [5.74, 6) is 0. The summed E-state index contributed by atoms with van der Waals surface area (Å²) in [6.07, 6.45) is 3.53. The molecule has 1 fully saturated rings. The number of nitrogens with zero attached hydrogens (tertiary/aromatic N) is 5.